The van der Waals surface area contributed by atoms with Gasteiger partial charge in [0.15, 0.2) is 9.84 Å². The first kappa shape index (κ1) is 14.6. The molecule has 0 aliphatic carbocycles. The van der Waals surface area contributed by atoms with Crippen molar-refractivity contribution in [3.8, 4) is 0 Å². The molecule has 2 heterocycles. The molecule has 112 valence electrons. The molecule has 21 heavy (non-hydrogen) atoms. The van der Waals surface area contributed by atoms with Gasteiger partial charge in [-0.1, -0.05) is 11.6 Å². The quantitative estimate of drug-likeness (QED) is 0.921. The second-order valence-corrected chi connectivity index (χ2v) is 8.18. The van der Waals surface area contributed by atoms with Gasteiger partial charge in [0.05, 0.1) is 27.7 Å². The lowest BCUT2D eigenvalue weighted by Gasteiger charge is -2.25. The van der Waals surface area contributed by atoms with E-state index in [0.717, 1.165) is 28.6 Å². The topological polar surface area (TPSA) is 59.1 Å². The van der Waals surface area contributed by atoms with Crippen LogP contribution < -0.4 is 5.32 Å². The Bertz CT molecular complexity index is 790. The molecule has 4 nitrogen and oxygen atoms in total. The predicted octanol–water partition coefficient (Wildman–Crippen LogP) is 3.19. The van der Waals surface area contributed by atoms with E-state index in [9.17, 15) is 8.42 Å². The Morgan fingerprint density at radius 2 is 2.24 bits per heavy atom. The molecule has 1 aliphatic heterocycles. The van der Waals surface area contributed by atoms with Crippen molar-refractivity contribution in [1.82, 2.24) is 4.98 Å². The number of benzene rings is 1. The number of sulfone groups is 1. The van der Waals surface area contributed by atoms with Crippen LogP contribution in [0.1, 0.15) is 18.4 Å². The molecule has 6 heteroatoms. The van der Waals surface area contributed by atoms with E-state index in [1.54, 1.807) is 6.20 Å². The summed E-state index contributed by atoms with van der Waals surface area (Å²) in [5.41, 5.74) is 2.69. The van der Waals surface area contributed by atoms with Gasteiger partial charge >= 0.3 is 0 Å². The first-order valence-electron chi connectivity index (χ1n) is 6.97. The van der Waals surface area contributed by atoms with Crippen LogP contribution in [-0.4, -0.2) is 30.9 Å². The Morgan fingerprint density at radius 1 is 1.43 bits per heavy atom. The van der Waals surface area contributed by atoms with E-state index in [1.165, 1.54) is 0 Å². The third-order valence-corrected chi connectivity index (χ3v) is 5.96. The molecule has 1 aliphatic rings. The number of fused-ring (bicyclic) bond motifs is 1. The minimum atomic E-state index is -2.95. The van der Waals surface area contributed by atoms with E-state index in [2.05, 4.69) is 10.3 Å². The first-order valence-corrected chi connectivity index (χ1v) is 9.17. The average Bonchev–Trinajstić information content (AvgIpc) is 2.42. The lowest BCUT2D eigenvalue weighted by molar-refractivity contribution is 0.562. The van der Waals surface area contributed by atoms with Gasteiger partial charge in [-0.05, 0) is 43.5 Å². The molecule has 1 atom stereocenters. The number of halogens is 1. The van der Waals surface area contributed by atoms with Crippen molar-refractivity contribution in [2.75, 3.05) is 16.8 Å². The Hall–Kier alpha value is -1.33. The van der Waals surface area contributed by atoms with Crippen LogP contribution in [0.5, 0.6) is 0 Å². The van der Waals surface area contributed by atoms with E-state index >= 15 is 0 Å². The fourth-order valence-electron chi connectivity index (χ4n) is 2.87. The molecule has 1 fully saturated rings. The van der Waals surface area contributed by atoms with Gasteiger partial charge in [0.1, 0.15) is 0 Å². The highest BCUT2D eigenvalue weighted by atomic mass is 35.5. The molecule has 0 radical (unpaired) electrons. The normalized spacial score (nSPS) is 21.3. The van der Waals surface area contributed by atoms with Gasteiger partial charge < -0.3 is 5.32 Å². The van der Waals surface area contributed by atoms with Crippen molar-refractivity contribution < 1.29 is 8.42 Å². The smallest absolute Gasteiger partial charge is 0.152 e. The highest BCUT2D eigenvalue weighted by molar-refractivity contribution is 7.91. The van der Waals surface area contributed by atoms with Crippen LogP contribution in [0.25, 0.3) is 10.9 Å². The molecule has 0 amide bonds. The van der Waals surface area contributed by atoms with Crippen molar-refractivity contribution in [2.45, 2.75) is 25.8 Å². The van der Waals surface area contributed by atoms with E-state index < -0.39 is 9.84 Å². The van der Waals surface area contributed by atoms with E-state index in [1.807, 2.05) is 25.1 Å². The number of nitrogens with zero attached hydrogens (tertiary/aromatic N) is 1. The zero-order valence-electron chi connectivity index (χ0n) is 11.8. The molecule has 0 spiro atoms. The highest BCUT2D eigenvalue weighted by Crippen LogP contribution is 2.34. The predicted molar refractivity (Wildman–Crippen MR) is 86.8 cm³/mol. The van der Waals surface area contributed by atoms with Gasteiger partial charge in [0.25, 0.3) is 0 Å². The van der Waals surface area contributed by atoms with Gasteiger partial charge in [-0.25, -0.2) is 8.42 Å². The number of aromatic nitrogens is 1. The Kier molecular flexibility index (Phi) is 3.80. The van der Waals surface area contributed by atoms with E-state index in [-0.39, 0.29) is 17.5 Å². The summed E-state index contributed by atoms with van der Waals surface area (Å²) in [6.07, 6.45) is 3.28. The van der Waals surface area contributed by atoms with Crippen molar-refractivity contribution in [1.29, 1.82) is 0 Å². The van der Waals surface area contributed by atoms with Crippen LogP contribution in [0.15, 0.2) is 24.4 Å². The number of aryl methyl sites for hydroxylation is 1. The molecule has 1 N–H and O–H groups in total. The van der Waals surface area contributed by atoms with Gasteiger partial charge in [0, 0.05) is 17.6 Å². The minimum absolute atomic E-state index is 0.0904. The van der Waals surface area contributed by atoms with Crippen molar-refractivity contribution in [3.63, 3.8) is 0 Å². The molecule has 3 rings (SSSR count). The van der Waals surface area contributed by atoms with E-state index in [4.69, 9.17) is 11.6 Å². The summed E-state index contributed by atoms with van der Waals surface area (Å²) in [5, 5.41) is 4.87. The van der Waals surface area contributed by atoms with E-state index in [0.29, 0.717) is 11.4 Å². The zero-order valence-corrected chi connectivity index (χ0v) is 13.3. The fraction of sp³-hybridized carbons (Fsp3) is 0.400. The lowest BCUT2D eigenvalue weighted by Crippen LogP contribution is -2.34. The molecule has 0 bridgehead atoms. The lowest BCUT2D eigenvalue weighted by atomic mass is 10.1. The molecule has 0 saturated carbocycles. The van der Waals surface area contributed by atoms with Crippen molar-refractivity contribution >= 4 is 38.0 Å². The largest absolute Gasteiger partial charge is 0.380 e. The van der Waals surface area contributed by atoms with Crippen LogP contribution in [0, 0.1) is 6.92 Å². The molecule has 1 unspecified atom stereocenters. The summed E-state index contributed by atoms with van der Waals surface area (Å²) >= 11 is 6.36. The summed E-state index contributed by atoms with van der Waals surface area (Å²) in [5.74, 6) is 0.452. The number of rotatable bonds is 2. The third-order valence-electron chi connectivity index (χ3n) is 3.84. The van der Waals surface area contributed by atoms with Gasteiger partial charge in [-0.2, -0.15) is 0 Å². The monoisotopic (exact) mass is 324 g/mol. The molecular weight excluding hydrogens is 308 g/mol. The second-order valence-electron chi connectivity index (χ2n) is 5.55. The summed E-state index contributed by atoms with van der Waals surface area (Å²) in [6.45, 7) is 1.97. The Balaban J connectivity index is 2.01. The number of nitrogens with one attached hydrogen (secondary N) is 1. The number of pyridine rings is 1. The molecule has 1 saturated heterocycles. The maximum Gasteiger partial charge on any atom is 0.152 e. The summed E-state index contributed by atoms with van der Waals surface area (Å²) < 4.78 is 23.5. The molecule has 2 aromatic rings. The summed E-state index contributed by atoms with van der Waals surface area (Å²) in [7, 11) is -2.95. The zero-order chi connectivity index (χ0) is 15.0. The maximum atomic E-state index is 11.8. The Morgan fingerprint density at radius 3 is 3.00 bits per heavy atom. The summed E-state index contributed by atoms with van der Waals surface area (Å²) in [6, 6.07) is 5.60. The van der Waals surface area contributed by atoms with Crippen LogP contribution in [0.2, 0.25) is 5.02 Å². The van der Waals surface area contributed by atoms with Crippen LogP contribution in [0.3, 0.4) is 0 Å². The van der Waals surface area contributed by atoms with Crippen LogP contribution in [-0.2, 0) is 9.84 Å². The second kappa shape index (κ2) is 5.46. The standard InChI is InChI=1S/C15H17ClN2O2S/c1-10-8-13(16)15(12-5-2-6-17-14(10)12)18-11-4-3-7-21(19,20)9-11/h2,5-6,8,11,18H,3-4,7,9H2,1H3. The summed E-state index contributed by atoms with van der Waals surface area (Å²) in [4.78, 5) is 4.39. The fourth-order valence-corrected chi connectivity index (χ4v) is 4.82. The third kappa shape index (κ3) is 2.99. The average molecular weight is 325 g/mol. The first-order chi connectivity index (χ1) is 9.96. The minimum Gasteiger partial charge on any atom is -0.380 e. The van der Waals surface area contributed by atoms with Crippen LogP contribution in [0.4, 0.5) is 5.69 Å². The number of hydrogen-bond donors (Lipinski definition) is 1. The van der Waals surface area contributed by atoms with Crippen molar-refractivity contribution in [2.24, 2.45) is 0 Å². The van der Waals surface area contributed by atoms with Gasteiger partial charge in [-0.3, -0.25) is 4.98 Å². The SMILES string of the molecule is Cc1cc(Cl)c(NC2CCCS(=O)(=O)C2)c2cccnc12. The molecular formula is C15H17ClN2O2S. The Labute approximate surface area is 129 Å². The molecule has 1 aromatic carbocycles. The maximum absolute atomic E-state index is 11.8. The number of anilines is 1. The molecule has 1 aromatic heterocycles. The highest BCUT2D eigenvalue weighted by Gasteiger charge is 2.25. The van der Waals surface area contributed by atoms with Gasteiger partial charge in [-0.15, -0.1) is 0 Å². The van der Waals surface area contributed by atoms with Gasteiger partial charge in [0.2, 0.25) is 0 Å². The van der Waals surface area contributed by atoms with Crippen LogP contribution >= 0.6 is 11.6 Å². The van der Waals surface area contributed by atoms with Crippen molar-refractivity contribution in [3.05, 3.63) is 35.0 Å². The number of hydrogen-bond acceptors (Lipinski definition) is 4.